The Morgan fingerprint density at radius 1 is 0.365 bits per heavy atom. The van der Waals surface area contributed by atoms with Gasteiger partial charge in [-0.3, -0.25) is 9.59 Å². The van der Waals surface area contributed by atoms with E-state index in [9.17, 15) is 19.8 Å². The highest BCUT2D eigenvalue weighted by Crippen LogP contribution is 2.18. The number of aliphatic hydroxyl groups is 2. The molecule has 0 bridgehead atoms. The van der Waals surface area contributed by atoms with Crippen molar-refractivity contribution in [3.63, 3.8) is 0 Å². The summed E-state index contributed by atoms with van der Waals surface area (Å²) in [6, 6.07) is -0.538. The summed E-state index contributed by atoms with van der Waals surface area (Å²) in [6.45, 7) is 4.95. The molecule has 0 fully saturated rings. The third-order valence-electron chi connectivity index (χ3n) is 15.7. The Labute approximate surface area is 462 Å². The van der Waals surface area contributed by atoms with Crippen LogP contribution in [0.5, 0.6) is 0 Å². The molecule has 0 heterocycles. The van der Waals surface area contributed by atoms with Gasteiger partial charge in [-0.05, 0) is 77.0 Å². The zero-order chi connectivity index (χ0) is 53.6. The van der Waals surface area contributed by atoms with E-state index < -0.39 is 12.1 Å². The first-order valence-electron chi connectivity index (χ1n) is 33.6. The number of rotatable bonds is 63. The molecule has 0 aliphatic rings. The average molecular weight is 1040 g/mol. The number of nitrogens with one attached hydrogen (secondary N) is 1. The smallest absolute Gasteiger partial charge is 0.305 e. The van der Waals surface area contributed by atoms with Crippen LogP contribution in [-0.2, 0) is 14.3 Å². The summed E-state index contributed by atoms with van der Waals surface area (Å²) in [5.74, 6) is -0.0219. The van der Waals surface area contributed by atoms with Crippen molar-refractivity contribution >= 4 is 11.9 Å². The van der Waals surface area contributed by atoms with Crippen molar-refractivity contribution in [2.24, 2.45) is 0 Å². The van der Waals surface area contributed by atoms with Gasteiger partial charge in [-0.2, -0.15) is 0 Å². The van der Waals surface area contributed by atoms with E-state index in [1.807, 2.05) is 0 Å². The van der Waals surface area contributed by atoms with Crippen molar-refractivity contribution in [1.82, 2.24) is 5.32 Å². The van der Waals surface area contributed by atoms with E-state index in [4.69, 9.17) is 4.74 Å². The Balaban J connectivity index is 3.34. The van der Waals surface area contributed by atoms with E-state index in [-0.39, 0.29) is 18.5 Å². The molecule has 0 saturated carbocycles. The third kappa shape index (κ3) is 59.6. The predicted molar refractivity (Wildman–Crippen MR) is 324 cm³/mol. The lowest BCUT2D eigenvalue weighted by Crippen LogP contribution is -2.45. The molecule has 2 atom stereocenters. The molecule has 0 rings (SSSR count). The van der Waals surface area contributed by atoms with E-state index in [2.05, 4.69) is 43.5 Å². The van der Waals surface area contributed by atoms with Crippen LogP contribution in [0.3, 0.4) is 0 Å². The summed E-state index contributed by atoms with van der Waals surface area (Å²) in [4.78, 5) is 24.5. The van der Waals surface area contributed by atoms with Gasteiger partial charge >= 0.3 is 5.97 Å². The highest BCUT2D eigenvalue weighted by Gasteiger charge is 2.20. The van der Waals surface area contributed by atoms with Crippen molar-refractivity contribution in [1.29, 1.82) is 0 Å². The number of hydrogen-bond donors (Lipinski definition) is 3. The minimum Gasteiger partial charge on any atom is -0.466 e. The maximum absolute atomic E-state index is 12.5. The maximum atomic E-state index is 12.5. The lowest BCUT2D eigenvalue weighted by Gasteiger charge is -2.22. The molecule has 0 radical (unpaired) electrons. The number of aliphatic hydroxyl groups excluding tert-OH is 2. The molecule has 6 heteroatoms. The molecule has 0 aromatic heterocycles. The van der Waals surface area contributed by atoms with E-state index in [0.29, 0.717) is 25.9 Å². The van der Waals surface area contributed by atoms with Gasteiger partial charge in [0.25, 0.3) is 0 Å². The molecule has 6 nitrogen and oxygen atoms in total. The van der Waals surface area contributed by atoms with Gasteiger partial charge in [0.15, 0.2) is 0 Å². The summed E-state index contributed by atoms with van der Waals surface area (Å²) >= 11 is 0. The molecule has 438 valence electrons. The molecule has 2 unspecified atom stereocenters. The highest BCUT2D eigenvalue weighted by molar-refractivity contribution is 5.76. The molecular formula is C68H131NO5. The second kappa shape index (κ2) is 63.9. The first kappa shape index (κ1) is 72.3. The SMILES string of the molecule is CCCCCC/C=C\CCCCCCCC(=O)OCCCCCCCCCCCCCC/C=C\CCCCCCCCCCCCCCCCCCC(=O)NC(CO)C(O)CCCCCCCCCCCCCC. The van der Waals surface area contributed by atoms with E-state index in [0.717, 1.165) is 44.9 Å². The van der Waals surface area contributed by atoms with Crippen LogP contribution in [-0.4, -0.2) is 47.4 Å². The summed E-state index contributed by atoms with van der Waals surface area (Å²) in [5.41, 5.74) is 0. The summed E-state index contributed by atoms with van der Waals surface area (Å²) in [5, 5.41) is 23.2. The fourth-order valence-electron chi connectivity index (χ4n) is 10.6. The van der Waals surface area contributed by atoms with E-state index in [1.165, 1.54) is 295 Å². The quantitative estimate of drug-likeness (QED) is 0.0320. The largest absolute Gasteiger partial charge is 0.466 e. The van der Waals surface area contributed by atoms with Crippen LogP contribution in [0, 0.1) is 0 Å². The minimum absolute atomic E-state index is 0.00924. The summed E-state index contributed by atoms with van der Waals surface area (Å²) in [6.07, 6.45) is 79.4. The first-order valence-corrected chi connectivity index (χ1v) is 33.6. The number of ether oxygens (including phenoxy) is 1. The van der Waals surface area contributed by atoms with Crippen LogP contribution in [0.25, 0.3) is 0 Å². The summed E-state index contributed by atoms with van der Waals surface area (Å²) in [7, 11) is 0. The van der Waals surface area contributed by atoms with Gasteiger partial charge in [0.2, 0.25) is 5.91 Å². The fourth-order valence-corrected chi connectivity index (χ4v) is 10.6. The Morgan fingerprint density at radius 3 is 0.973 bits per heavy atom. The van der Waals surface area contributed by atoms with Gasteiger partial charge in [-0.25, -0.2) is 0 Å². The standard InChI is InChI=1S/C68H131NO5/c1-3-5-7-9-11-13-15-37-42-46-50-54-58-62-68(73)74-63-59-55-51-47-43-39-36-34-32-30-28-26-24-22-20-18-17-19-21-23-25-27-29-31-33-35-38-41-45-49-53-57-61-67(72)69-65(64-70)66(71)60-56-52-48-44-40-16-14-12-10-8-6-4-2/h13,15,20,22,65-66,70-71H,3-12,14,16-19,21,23-64H2,1-2H3,(H,69,72)/b15-13-,22-20-. The normalized spacial score (nSPS) is 12.6. The third-order valence-corrected chi connectivity index (χ3v) is 15.7. The Bertz CT molecular complexity index is 1150. The van der Waals surface area contributed by atoms with Crippen molar-refractivity contribution in [3.05, 3.63) is 24.3 Å². The molecule has 0 aromatic rings. The number of carbonyl (C=O) groups is 2. The van der Waals surface area contributed by atoms with Crippen LogP contribution < -0.4 is 5.32 Å². The predicted octanol–water partition coefficient (Wildman–Crippen LogP) is 21.4. The van der Waals surface area contributed by atoms with Gasteiger partial charge in [0, 0.05) is 12.8 Å². The first-order chi connectivity index (χ1) is 36.5. The van der Waals surface area contributed by atoms with Gasteiger partial charge in [0.1, 0.15) is 0 Å². The van der Waals surface area contributed by atoms with Crippen LogP contribution in [0.15, 0.2) is 24.3 Å². The van der Waals surface area contributed by atoms with Crippen molar-refractivity contribution in [2.75, 3.05) is 13.2 Å². The molecule has 0 aromatic carbocycles. The average Bonchev–Trinajstić information content (AvgIpc) is 3.40. The topological polar surface area (TPSA) is 95.9 Å². The van der Waals surface area contributed by atoms with Crippen LogP contribution >= 0.6 is 0 Å². The molecule has 0 saturated heterocycles. The zero-order valence-electron chi connectivity index (χ0n) is 50.1. The Hall–Kier alpha value is -1.66. The molecule has 74 heavy (non-hydrogen) atoms. The number of unbranched alkanes of at least 4 members (excludes halogenated alkanes) is 48. The monoisotopic (exact) mass is 1040 g/mol. The lowest BCUT2D eigenvalue weighted by molar-refractivity contribution is -0.143. The van der Waals surface area contributed by atoms with Gasteiger partial charge in [0.05, 0.1) is 25.4 Å². The number of hydrogen-bond acceptors (Lipinski definition) is 5. The Morgan fingerprint density at radius 2 is 0.635 bits per heavy atom. The number of allylic oxidation sites excluding steroid dienone is 4. The maximum Gasteiger partial charge on any atom is 0.305 e. The number of amides is 1. The van der Waals surface area contributed by atoms with Crippen LogP contribution in [0.2, 0.25) is 0 Å². The van der Waals surface area contributed by atoms with Gasteiger partial charge in [-0.15, -0.1) is 0 Å². The van der Waals surface area contributed by atoms with Crippen molar-refractivity contribution in [3.8, 4) is 0 Å². The Kier molecular flexibility index (Phi) is 62.4. The molecule has 1 amide bonds. The van der Waals surface area contributed by atoms with Gasteiger partial charge in [-0.1, -0.05) is 308 Å². The molecule has 0 aliphatic heterocycles. The summed E-state index contributed by atoms with van der Waals surface area (Å²) < 4.78 is 5.48. The number of esters is 1. The minimum atomic E-state index is -0.661. The zero-order valence-corrected chi connectivity index (χ0v) is 50.1. The molecule has 0 spiro atoms. The second-order valence-corrected chi connectivity index (χ2v) is 23.1. The van der Waals surface area contributed by atoms with Crippen molar-refractivity contribution < 1.29 is 24.5 Å². The lowest BCUT2D eigenvalue weighted by atomic mass is 10.0. The highest BCUT2D eigenvalue weighted by atomic mass is 16.5. The molecular weight excluding hydrogens is 911 g/mol. The molecule has 3 N–H and O–H groups in total. The van der Waals surface area contributed by atoms with Crippen molar-refractivity contribution in [2.45, 2.75) is 386 Å². The van der Waals surface area contributed by atoms with E-state index >= 15 is 0 Å². The number of carbonyl (C=O) groups excluding carboxylic acids is 2. The van der Waals surface area contributed by atoms with Gasteiger partial charge < -0.3 is 20.3 Å². The second-order valence-electron chi connectivity index (χ2n) is 23.1. The van der Waals surface area contributed by atoms with E-state index in [1.54, 1.807) is 0 Å². The van der Waals surface area contributed by atoms with Crippen LogP contribution in [0.4, 0.5) is 0 Å². The fraction of sp³-hybridized carbons (Fsp3) is 0.912. The van der Waals surface area contributed by atoms with Crippen LogP contribution in [0.1, 0.15) is 373 Å². The molecule has 0 aliphatic carbocycles.